The van der Waals surface area contributed by atoms with Crippen molar-refractivity contribution in [2.24, 2.45) is 0 Å². The van der Waals surface area contributed by atoms with Gasteiger partial charge in [-0.25, -0.2) is 9.78 Å². The minimum absolute atomic E-state index is 0.0785. The van der Waals surface area contributed by atoms with Crippen LogP contribution in [-0.4, -0.2) is 22.0 Å². The van der Waals surface area contributed by atoms with Crippen LogP contribution in [0.4, 0.5) is 5.69 Å². The molecule has 2 N–H and O–H groups in total. The summed E-state index contributed by atoms with van der Waals surface area (Å²) in [4.78, 5) is 26.9. The summed E-state index contributed by atoms with van der Waals surface area (Å²) in [5, 5.41) is 11.9. The van der Waals surface area contributed by atoms with Crippen LogP contribution in [0.5, 0.6) is 0 Å². The number of halogens is 2. The lowest BCUT2D eigenvalue weighted by Gasteiger charge is -2.10. The van der Waals surface area contributed by atoms with Gasteiger partial charge in [-0.3, -0.25) is 4.79 Å². The molecule has 0 saturated heterocycles. The highest BCUT2D eigenvalue weighted by Crippen LogP contribution is 2.22. The molecule has 5 nitrogen and oxygen atoms in total. The first-order valence-corrected chi connectivity index (χ1v) is 6.60. The molecule has 0 spiro atoms. The third kappa shape index (κ3) is 3.51. The van der Waals surface area contributed by atoms with E-state index in [4.69, 9.17) is 28.3 Å². The van der Waals surface area contributed by atoms with Crippen molar-refractivity contribution in [3.8, 4) is 0 Å². The predicted octanol–water partition coefficient (Wildman–Crippen LogP) is 3.65. The molecule has 0 unspecified atom stereocenters. The fourth-order valence-electron chi connectivity index (χ4n) is 1.67. The average molecular weight is 325 g/mol. The van der Waals surface area contributed by atoms with E-state index in [-0.39, 0.29) is 21.3 Å². The highest BCUT2D eigenvalue weighted by atomic mass is 35.5. The van der Waals surface area contributed by atoms with E-state index in [1.807, 2.05) is 0 Å². The van der Waals surface area contributed by atoms with Gasteiger partial charge in [0.2, 0.25) is 0 Å². The lowest BCUT2D eigenvalue weighted by Crippen LogP contribution is -2.14. The van der Waals surface area contributed by atoms with E-state index in [0.717, 1.165) is 5.56 Å². The van der Waals surface area contributed by atoms with Gasteiger partial charge in [-0.05, 0) is 30.7 Å². The number of anilines is 1. The monoisotopic (exact) mass is 324 g/mol. The average Bonchev–Trinajstić information content (AvgIpc) is 2.43. The number of aromatic carboxylic acids is 1. The lowest BCUT2D eigenvalue weighted by molar-refractivity contribution is 0.0696. The Morgan fingerprint density at radius 1 is 1.24 bits per heavy atom. The van der Waals surface area contributed by atoms with Crippen molar-refractivity contribution in [1.29, 1.82) is 0 Å². The maximum atomic E-state index is 12.2. The van der Waals surface area contributed by atoms with E-state index in [2.05, 4.69) is 10.3 Å². The fraction of sp³-hybridized carbons (Fsp3) is 0.0714. The van der Waals surface area contributed by atoms with Crippen molar-refractivity contribution in [3.63, 3.8) is 0 Å². The van der Waals surface area contributed by atoms with E-state index in [0.29, 0.717) is 5.69 Å². The standard InChI is InChI=1S/C14H10Cl2N2O3/c1-7-2-3-8(14(20)21)4-11(7)18-13(19)9-5-12(16)17-6-10(9)15/h2-6H,1H3,(H,18,19)(H,20,21). The SMILES string of the molecule is Cc1ccc(C(=O)O)cc1NC(=O)c1cc(Cl)ncc1Cl. The molecule has 1 amide bonds. The van der Waals surface area contributed by atoms with Crippen molar-refractivity contribution >= 4 is 40.8 Å². The van der Waals surface area contributed by atoms with Crippen molar-refractivity contribution in [2.75, 3.05) is 5.32 Å². The third-order valence-corrected chi connectivity index (χ3v) is 3.31. The van der Waals surface area contributed by atoms with E-state index in [1.54, 1.807) is 13.0 Å². The van der Waals surface area contributed by atoms with Crippen molar-refractivity contribution in [1.82, 2.24) is 4.98 Å². The molecular formula is C14H10Cl2N2O3. The molecule has 0 aliphatic carbocycles. The second kappa shape index (κ2) is 6.11. The number of carbonyl (C=O) groups is 2. The number of carboxylic acid groups (broad SMARTS) is 1. The minimum atomic E-state index is -1.07. The van der Waals surface area contributed by atoms with Crippen LogP contribution in [0.25, 0.3) is 0 Å². The van der Waals surface area contributed by atoms with Crippen LogP contribution in [0.2, 0.25) is 10.2 Å². The molecule has 0 saturated carbocycles. The van der Waals surface area contributed by atoms with Gasteiger partial charge in [-0.2, -0.15) is 0 Å². The zero-order valence-electron chi connectivity index (χ0n) is 10.9. The molecule has 0 atom stereocenters. The molecule has 21 heavy (non-hydrogen) atoms. The largest absolute Gasteiger partial charge is 0.478 e. The van der Waals surface area contributed by atoms with Gasteiger partial charge in [0.25, 0.3) is 5.91 Å². The van der Waals surface area contributed by atoms with Crippen molar-refractivity contribution < 1.29 is 14.7 Å². The molecule has 2 aromatic rings. The van der Waals surface area contributed by atoms with E-state index in [9.17, 15) is 9.59 Å². The van der Waals surface area contributed by atoms with E-state index in [1.165, 1.54) is 24.4 Å². The number of rotatable bonds is 3. The van der Waals surface area contributed by atoms with Crippen molar-refractivity contribution in [3.05, 3.63) is 57.3 Å². The Kier molecular flexibility index (Phi) is 4.45. The first-order chi connectivity index (χ1) is 9.88. The first kappa shape index (κ1) is 15.3. The Labute approximate surface area is 130 Å². The van der Waals surface area contributed by atoms with Crippen LogP contribution in [0.1, 0.15) is 26.3 Å². The number of carbonyl (C=O) groups excluding carboxylic acids is 1. The molecule has 0 aliphatic rings. The number of aryl methyl sites for hydroxylation is 1. The van der Waals surface area contributed by atoms with E-state index < -0.39 is 11.9 Å². The summed E-state index contributed by atoms with van der Waals surface area (Å²) >= 11 is 11.6. The summed E-state index contributed by atoms with van der Waals surface area (Å²) in [6.07, 6.45) is 1.28. The highest BCUT2D eigenvalue weighted by Gasteiger charge is 2.14. The summed E-state index contributed by atoms with van der Waals surface area (Å²) in [7, 11) is 0. The van der Waals surface area contributed by atoms with Crippen LogP contribution < -0.4 is 5.32 Å². The van der Waals surface area contributed by atoms with Gasteiger partial charge in [0.15, 0.2) is 0 Å². The Morgan fingerprint density at radius 3 is 2.62 bits per heavy atom. The molecule has 0 fully saturated rings. The van der Waals surface area contributed by atoms with Gasteiger partial charge in [0, 0.05) is 11.9 Å². The van der Waals surface area contributed by atoms with Crippen LogP contribution in [-0.2, 0) is 0 Å². The quantitative estimate of drug-likeness (QED) is 0.844. The summed E-state index contributed by atoms with van der Waals surface area (Å²) in [5.41, 5.74) is 1.36. The second-order valence-electron chi connectivity index (χ2n) is 4.28. The number of pyridine rings is 1. The number of nitrogens with one attached hydrogen (secondary N) is 1. The van der Waals surface area contributed by atoms with Gasteiger partial charge in [0.1, 0.15) is 5.15 Å². The lowest BCUT2D eigenvalue weighted by atomic mass is 10.1. The molecule has 7 heteroatoms. The molecule has 0 bridgehead atoms. The Morgan fingerprint density at radius 2 is 1.95 bits per heavy atom. The summed E-state index contributed by atoms with van der Waals surface area (Å²) in [6, 6.07) is 5.80. The molecule has 0 radical (unpaired) electrons. The smallest absolute Gasteiger partial charge is 0.335 e. The fourth-order valence-corrected chi connectivity index (χ4v) is 2.01. The predicted molar refractivity (Wildman–Crippen MR) is 80.3 cm³/mol. The second-order valence-corrected chi connectivity index (χ2v) is 5.07. The van der Waals surface area contributed by atoms with Crippen LogP contribution in [0, 0.1) is 6.92 Å². The molecular weight excluding hydrogens is 315 g/mol. The zero-order valence-corrected chi connectivity index (χ0v) is 12.4. The van der Waals surface area contributed by atoms with Gasteiger partial charge in [-0.15, -0.1) is 0 Å². The maximum Gasteiger partial charge on any atom is 0.335 e. The van der Waals surface area contributed by atoms with Gasteiger partial charge in [0.05, 0.1) is 16.1 Å². The highest BCUT2D eigenvalue weighted by molar-refractivity contribution is 6.35. The Bertz CT molecular complexity index is 732. The van der Waals surface area contributed by atoms with Gasteiger partial charge in [-0.1, -0.05) is 29.3 Å². The first-order valence-electron chi connectivity index (χ1n) is 5.85. The number of hydrogen-bond donors (Lipinski definition) is 2. The molecule has 1 heterocycles. The van der Waals surface area contributed by atoms with E-state index >= 15 is 0 Å². The number of aromatic nitrogens is 1. The number of nitrogens with zero attached hydrogens (tertiary/aromatic N) is 1. The normalized spacial score (nSPS) is 10.2. The van der Waals surface area contributed by atoms with Gasteiger partial charge < -0.3 is 10.4 Å². The maximum absolute atomic E-state index is 12.2. The van der Waals surface area contributed by atoms with Crippen LogP contribution in [0.15, 0.2) is 30.5 Å². The zero-order chi connectivity index (χ0) is 15.6. The molecule has 1 aromatic carbocycles. The topological polar surface area (TPSA) is 79.3 Å². The summed E-state index contributed by atoms with van der Waals surface area (Å²) < 4.78 is 0. The number of benzene rings is 1. The number of amides is 1. The number of hydrogen-bond acceptors (Lipinski definition) is 3. The molecule has 2 rings (SSSR count). The molecule has 1 aromatic heterocycles. The van der Waals surface area contributed by atoms with Crippen molar-refractivity contribution in [2.45, 2.75) is 6.92 Å². The van der Waals surface area contributed by atoms with Crippen LogP contribution in [0.3, 0.4) is 0 Å². The Hall–Kier alpha value is -2.11. The molecule has 108 valence electrons. The summed E-state index contributed by atoms with van der Waals surface area (Å²) in [5.74, 6) is -1.56. The number of carboxylic acids is 1. The van der Waals surface area contributed by atoms with Crippen LogP contribution >= 0.6 is 23.2 Å². The third-order valence-electron chi connectivity index (χ3n) is 2.80. The van der Waals surface area contributed by atoms with Gasteiger partial charge >= 0.3 is 5.97 Å². The minimum Gasteiger partial charge on any atom is -0.478 e. The Balaban J connectivity index is 2.33. The molecule has 0 aliphatic heterocycles. The summed E-state index contributed by atoms with van der Waals surface area (Å²) in [6.45, 7) is 1.75.